The van der Waals surface area contributed by atoms with E-state index in [1.54, 1.807) is 0 Å². The lowest BCUT2D eigenvalue weighted by molar-refractivity contribution is -0.404. The first kappa shape index (κ1) is 17.7. The van der Waals surface area contributed by atoms with Crippen LogP contribution >= 0.6 is 0 Å². The van der Waals surface area contributed by atoms with E-state index >= 15 is 0 Å². The van der Waals surface area contributed by atoms with Gasteiger partial charge in [-0.25, -0.2) is 0 Å². The van der Waals surface area contributed by atoms with Crippen molar-refractivity contribution in [1.29, 1.82) is 0 Å². The van der Waals surface area contributed by atoms with Gasteiger partial charge in [-0.1, -0.05) is 6.07 Å². The summed E-state index contributed by atoms with van der Waals surface area (Å²) in [5, 5.41) is 40.2. The average molecular weight is 348 g/mol. The van der Waals surface area contributed by atoms with Crippen molar-refractivity contribution < 1.29 is 19.9 Å². The van der Waals surface area contributed by atoms with Crippen molar-refractivity contribution >= 4 is 17.1 Å². The first-order valence-corrected chi connectivity index (χ1v) is 7.04. The number of fused-ring (bicyclic) bond motifs is 1. The highest BCUT2D eigenvalue weighted by atomic mass is 16.6. The van der Waals surface area contributed by atoms with Crippen molar-refractivity contribution in [2.24, 2.45) is 0 Å². The molecule has 0 aliphatic heterocycles. The topological polar surface area (TPSA) is 163 Å². The Hall–Kier alpha value is -3.63. The largest absolute Gasteiger partial charge is 0.497 e. The van der Waals surface area contributed by atoms with Gasteiger partial charge in [0.05, 0.1) is 26.9 Å². The van der Waals surface area contributed by atoms with Crippen LogP contribution in [0.3, 0.4) is 0 Å². The van der Waals surface area contributed by atoms with Crippen molar-refractivity contribution in [3.63, 3.8) is 0 Å². The lowest BCUT2D eigenvalue weighted by atomic mass is 10.2. The van der Waals surface area contributed by atoms with Crippen LogP contribution in [0.1, 0.15) is 17.7 Å². The van der Waals surface area contributed by atoms with Crippen molar-refractivity contribution in [3.8, 4) is 5.75 Å². The minimum absolute atomic E-state index is 0.447. The van der Waals surface area contributed by atoms with E-state index in [-0.39, 0.29) is 0 Å². The number of nitro groups is 3. The summed E-state index contributed by atoms with van der Waals surface area (Å²) in [6, 6.07) is 5.09. The van der Waals surface area contributed by atoms with Gasteiger partial charge in [0.2, 0.25) is 0 Å². The molecule has 1 aliphatic carbocycles. The minimum Gasteiger partial charge on any atom is -0.497 e. The van der Waals surface area contributed by atoms with Crippen LogP contribution in [0.2, 0.25) is 0 Å². The fourth-order valence-electron chi connectivity index (χ4n) is 2.34. The zero-order valence-corrected chi connectivity index (χ0v) is 12.7. The molecule has 25 heavy (non-hydrogen) atoms. The summed E-state index contributed by atoms with van der Waals surface area (Å²) >= 11 is 0. The Balaban J connectivity index is 0.000000208. The predicted molar refractivity (Wildman–Crippen MR) is 84.3 cm³/mol. The summed E-state index contributed by atoms with van der Waals surface area (Å²) in [5.74, 6) is -1.21. The van der Waals surface area contributed by atoms with Gasteiger partial charge in [0.15, 0.2) is 0 Å². The average Bonchev–Trinajstić information content (AvgIpc) is 3.03. The molecule has 130 valence electrons. The lowest BCUT2D eigenvalue weighted by Crippen LogP contribution is -1.97. The molecule has 2 aromatic rings. The summed E-state index contributed by atoms with van der Waals surface area (Å²) in [5.41, 5.74) is -0.229. The Morgan fingerprint density at radius 3 is 2.04 bits per heavy atom. The normalized spacial score (nSPS) is 11.8. The highest BCUT2D eigenvalue weighted by Gasteiger charge is 2.30. The van der Waals surface area contributed by atoms with Gasteiger partial charge in [0.1, 0.15) is 0 Å². The number of nitro benzene ring substituents is 3. The number of rotatable bonds is 3. The molecule has 1 aromatic heterocycles. The molecule has 1 aromatic carbocycles. The molecule has 11 nitrogen and oxygen atoms in total. The molecule has 11 heteroatoms. The first-order chi connectivity index (χ1) is 11.8. The van der Waals surface area contributed by atoms with Gasteiger partial charge in [-0.3, -0.25) is 35.3 Å². The quantitative estimate of drug-likeness (QED) is 0.653. The van der Waals surface area contributed by atoms with E-state index in [0.29, 0.717) is 12.1 Å². The predicted octanol–water partition coefficient (Wildman–Crippen LogP) is 2.69. The standard InChI is InChI=1S/C8H9N.C6H3N3O7/c1-3-7-4-2-6-9-8(7)5-1;10-6-4(8(13)14)1-3(7(11)12)2-5(6)9(15)16/h2,4,6H,1,3,5H2;1-2,10H. The second-order valence-electron chi connectivity index (χ2n) is 5.07. The van der Waals surface area contributed by atoms with Gasteiger partial charge in [-0.15, -0.1) is 0 Å². The van der Waals surface area contributed by atoms with Gasteiger partial charge >= 0.3 is 11.4 Å². The van der Waals surface area contributed by atoms with E-state index in [9.17, 15) is 30.3 Å². The Morgan fingerprint density at radius 2 is 1.56 bits per heavy atom. The summed E-state index contributed by atoms with van der Waals surface area (Å²) in [7, 11) is 0. The Morgan fingerprint density at radius 1 is 0.960 bits per heavy atom. The fourth-order valence-corrected chi connectivity index (χ4v) is 2.34. The number of hydrogen-bond donors (Lipinski definition) is 1. The molecule has 1 N–H and O–H groups in total. The van der Waals surface area contributed by atoms with Crippen LogP contribution in [0.25, 0.3) is 0 Å². The number of aryl methyl sites for hydroxylation is 2. The molecule has 0 saturated carbocycles. The Labute approximate surface area is 140 Å². The molecule has 0 amide bonds. The molecular formula is C14H12N4O7. The third kappa shape index (κ3) is 4.02. The molecule has 1 aliphatic rings. The lowest BCUT2D eigenvalue weighted by Gasteiger charge is -1.97. The Bertz CT molecular complexity index is 795. The molecule has 0 spiro atoms. The smallest absolute Gasteiger partial charge is 0.324 e. The van der Waals surface area contributed by atoms with Gasteiger partial charge in [0.25, 0.3) is 11.4 Å². The van der Waals surface area contributed by atoms with Crippen LogP contribution in [-0.4, -0.2) is 24.9 Å². The molecule has 0 saturated heterocycles. The number of nitrogens with zero attached hydrogens (tertiary/aromatic N) is 4. The van der Waals surface area contributed by atoms with Crippen molar-refractivity contribution in [1.82, 2.24) is 4.98 Å². The molecule has 0 radical (unpaired) electrons. The van der Waals surface area contributed by atoms with Gasteiger partial charge < -0.3 is 5.11 Å². The summed E-state index contributed by atoms with van der Waals surface area (Å²) in [6.07, 6.45) is 5.61. The SMILES string of the molecule is O=[N+]([O-])c1cc([N+](=O)[O-])c(O)c([N+](=O)[O-])c1.c1cnc2c(c1)CCC2. The van der Waals surface area contributed by atoms with Crippen LogP contribution in [-0.2, 0) is 12.8 Å². The number of pyridine rings is 1. The van der Waals surface area contributed by atoms with Gasteiger partial charge in [0, 0.05) is 11.9 Å². The minimum atomic E-state index is -1.21. The van der Waals surface area contributed by atoms with Gasteiger partial charge in [-0.05, 0) is 30.9 Å². The molecule has 0 unspecified atom stereocenters. The van der Waals surface area contributed by atoms with E-state index in [1.807, 2.05) is 12.3 Å². The Kier molecular flexibility index (Phi) is 5.17. The second-order valence-corrected chi connectivity index (χ2v) is 5.07. The van der Waals surface area contributed by atoms with Crippen molar-refractivity contribution in [3.05, 3.63) is 72.1 Å². The number of phenols is 1. The molecule has 0 fully saturated rings. The third-order valence-corrected chi connectivity index (χ3v) is 3.50. The fraction of sp³-hybridized carbons (Fsp3) is 0.214. The first-order valence-electron chi connectivity index (χ1n) is 7.04. The van der Waals surface area contributed by atoms with E-state index in [2.05, 4.69) is 11.1 Å². The summed E-state index contributed by atoms with van der Waals surface area (Å²) in [6.45, 7) is 0. The summed E-state index contributed by atoms with van der Waals surface area (Å²) in [4.78, 5) is 32.0. The molecule has 0 atom stereocenters. The maximum Gasteiger partial charge on any atom is 0.324 e. The van der Waals surface area contributed by atoms with Crippen LogP contribution in [0.5, 0.6) is 5.75 Å². The maximum atomic E-state index is 10.4. The monoisotopic (exact) mass is 348 g/mol. The maximum absolute atomic E-state index is 10.4. The molecule has 0 bridgehead atoms. The summed E-state index contributed by atoms with van der Waals surface area (Å²) < 4.78 is 0. The van der Waals surface area contributed by atoms with Crippen LogP contribution in [0, 0.1) is 30.3 Å². The number of non-ortho nitro benzene ring substituents is 1. The zero-order valence-electron chi connectivity index (χ0n) is 12.7. The van der Waals surface area contributed by atoms with Crippen molar-refractivity contribution in [2.75, 3.05) is 0 Å². The number of phenolic OH excluding ortho intramolecular Hbond substituents is 1. The van der Waals surface area contributed by atoms with Crippen LogP contribution in [0.15, 0.2) is 30.5 Å². The molecule has 1 heterocycles. The van der Waals surface area contributed by atoms with E-state index in [0.717, 1.165) is 0 Å². The molecule has 3 rings (SSSR count). The number of aromatic hydroxyl groups is 1. The van der Waals surface area contributed by atoms with E-state index in [1.165, 1.54) is 30.5 Å². The molecular weight excluding hydrogens is 336 g/mol. The highest BCUT2D eigenvalue weighted by Crippen LogP contribution is 2.38. The second kappa shape index (κ2) is 7.29. The van der Waals surface area contributed by atoms with E-state index in [4.69, 9.17) is 5.11 Å². The zero-order chi connectivity index (χ0) is 18.6. The third-order valence-electron chi connectivity index (χ3n) is 3.50. The number of hydrogen-bond acceptors (Lipinski definition) is 8. The van der Waals surface area contributed by atoms with E-state index < -0.39 is 37.6 Å². The van der Waals surface area contributed by atoms with Crippen molar-refractivity contribution in [2.45, 2.75) is 19.3 Å². The van der Waals surface area contributed by atoms with Crippen LogP contribution < -0.4 is 0 Å². The number of aromatic nitrogens is 1. The van der Waals surface area contributed by atoms with Gasteiger partial charge in [-0.2, -0.15) is 0 Å². The number of benzene rings is 1. The van der Waals surface area contributed by atoms with Crippen LogP contribution in [0.4, 0.5) is 17.1 Å². The highest BCUT2D eigenvalue weighted by molar-refractivity contribution is 5.64.